The molecule has 0 aliphatic carbocycles. The lowest BCUT2D eigenvalue weighted by molar-refractivity contribution is 0.0497. The molecule has 0 fully saturated rings. The van der Waals surface area contributed by atoms with Crippen LogP contribution in [0.3, 0.4) is 0 Å². The van der Waals surface area contributed by atoms with E-state index in [9.17, 15) is 4.79 Å². The van der Waals surface area contributed by atoms with Crippen LogP contribution in [0.5, 0.6) is 5.75 Å². The predicted molar refractivity (Wildman–Crippen MR) is 137 cm³/mol. The van der Waals surface area contributed by atoms with E-state index in [1.54, 1.807) is 12.1 Å². The van der Waals surface area contributed by atoms with E-state index >= 15 is 0 Å². The minimum atomic E-state index is -0.288. The topological polar surface area (TPSA) is 55.8 Å². The number of benzene rings is 2. The van der Waals surface area contributed by atoms with Gasteiger partial charge in [0.1, 0.15) is 5.75 Å². The third kappa shape index (κ3) is 11.7. The number of hydrogen-bond acceptors (Lipinski definition) is 4. The highest BCUT2D eigenvalue weighted by molar-refractivity contribution is 5.89. The number of carbonyl (C=O) groups excluding carboxylic acids is 1. The summed E-state index contributed by atoms with van der Waals surface area (Å²) < 4.78 is 11.2. The number of carbonyl (C=O) groups is 1. The number of rotatable bonds is 17. The van der Waals surface area contributed by atoms with E-state index in [0.717, 1.165) is 55.6 Å². The Morgan fingerprint density at radius 1 is 0.727 bits per heavy atom. The molecule has 4 nitrogen and oxygen atoms in total. The highest BCUT2D eigenvalue weighted by Crippen LogP contribution is 2.16. The summed E-state index contributed by atoms with van der Waals surface area (Å²) in [5, 5.41) is 8.76. The Kier molecular flexibility index (Phi) is 13.7. The van der Waals surface area contributed by atoms with Gasteiger partial charge in [-0.15, -0.1) is 0 Å². The van der Waals surface area contributed by atoms with E-state index < -0.39 is 0 Å². The second-order valence-corrected chi connectivity index (χ2v) is 8.41. The van der Waals surface area contributed by atoms with Crippen LogP contribution in [-0.4, -0.2) is 30.9 Å². The van der Waals surface area contributed by atoms with Crippen molar-refractivity contribution >= 4 is 18.1 Å². The summed E-state index contributed by atoms with van der Waals surface area (Å²) in [5.41, 5.74) is 2.69. The molecule has 0 radical (unpaired) electrons. The Morgan fingerprint density at radius 3 is 1.91 bits per heavy atom. The summed E-state index contributed by atoms with van der Waals surface area (Å²) in [6, 6.07) is 15.6. The van der Waals surface area contributed by atoms with E-state index in [1.807, 2.05) is 30.3 Å². The summed E-state index contributed by atoms with van der Waals surface area (Å²) in [4.78, 5) is 12.1. The lowest BCUT2D eigenvalue weighted by atomic mass is 10.1. The van der Waals surface area contributed by atoms with Crippen molar-refractivity contribution < 1.29 is 19.4 Å². The molecule has 0 atom stereocenters. The molecule has 0 aliphatic rings. The van der Waals surface area contributed by atoms with E-state index in [0.29, 0.717) is 12.2 Å². The monoisotopic (exact) mass is 452 g/mol. The van der Waals surface area contributed by atoms with Crippen molar-refractivity contribution in [3.63, 3.8) is 0 Å². The molecule has 0 bridgehead atoms. The fraction of sp³-hybridized carbons (Fsp3) is 0.483. The van der Waals surface area contributed by atoms with E-state index in [2.05, 4.69) is 25.1 Å². The van der Waals surface area contributed by atoms with Crippen LogP contribution in [0.4, 0.5) is 0 Å². The molecule has 0 heterocycles. The normalized spacial score (nSPS) is 11.1. The smallest absolute Gasteiger partial charge is 0.338 e. The lowest BCUT2D eigenvalue weighted by Crippen LogP contribution is -2.06. The molecule has 0 saturated carbocycles. The van der Waals surface area contributed by atoms with Crippen LogP contribution in [0.2, 0.25) is 0 Å². The minimum absolute atomic E-state index is 0.222. The third-order valence-corrected chi connectivity index (χ3v) is 5.55. The molecular weight excluding hydrogens is 412 g/mol. The van der Waals surface area contributed by atoms with Gasteiger partial charge in [0, 0.05) is 6.61 Å². The average molecular weight is 453 g/mol. The Balaban J connectivity index is 1.69. The number of aliphatic hydroxyl groups excluding tert-OH is 1. The zero-order chi connectivity index (χ0) is 23.6. The minimum Gasteiger partial charge on any atom is -0.494 e. The molecule has 0 unspecified atom stereocenters. The first kappa shape index (κ1) is 26.7. The summed E-state index contributed by atoms with van der Waals surface area (Å²) in [7, 11) is 0. The predicted octanol–water partition coefficient (Wildman–Crippen LogP) is 7.31. The van der Waals surface area contributed by atoms with Crippen molar-refractivity contribution in [2.75, 3.05) is 19.8 Å². The van der Waals surface area contributed by atoms with Crippen molar-refractivity contribution in [2.45, 2.75) is 71.1 Å². The molecule has 0 amide bonds. The number of ether oxygens (including phenoxy) is 2. The standard InChI is InChI=1S/C29H40O4/c1-2-3-4-5-7-10-23-32-28-20-16-26(17-21-28)13-12-25-14-18-27(19-15-25)29(31)33-24-11-8-6-9-22-30/h12-21,30H,2-11,22-24H2,1H3/b13-12+. The molecule has 180 valence electrons. The molecule has 2 aromatic carbocycles. The Bertz CT molecular complexity index is 793. The fourth-order valence-electron chi connectivity index (χ4n) is 3.49. The molecule has 0 aliphatic heterocycles. The first-order valence-corrected chi connectivity index (χ1v) is 12.5. The summed E-state index contributed by atoms with van der Waals surface area (Å²) >= 11 is 0. The molecular formula is C29H40O4. The number of hydrogen-bond donors (Lipinski definition) is 1. The zero-order valence-corrected chi connectivity index (χ0v) is 20.1. The van der Waals surface area contributed by atoms with Gasteiger partial charge in [0.2, 0.25) is 0 Å². The van der Waals surface area contributed by atoms with Gasteiger partial charge in [0.05, 0.1) is 18.8 Å². The van der Waals surface area contributed by atoms with Crippen molar-refractivity contribution in [1.82, 2.24) is 0 Å². The fourth-order valence-corrected chi connectivity index (χ4v) is 3.49. The zero-order valence-electron chi connectivity index (χ0n) is 20.1. The van der Waals surface area contributed by atoms with Crippen LogP contribution in [0.15, 0.2) is 48.5 Å². The van der Waals surface area contributed by atoms with Gasteiger partial charge in [-0.25, -0.2) is 4.79 Å². The van der Waals surface area contributed by atoms with Gasteiger partial charge in [0.15, 0.2) is 0 Å². The second-order valence-electron chi connectivity index (χ2n) is 8.41. The summed E-state index contributed by atoms with van der Waals surface area (Å²) in [6.07, 6.45) is 15.2. The van der Waals surface area contributed by atoms with Crippen LogP contribution in [0.1, 0.15) is 92.6 Å². The van der Waals surface area contributed by atoms with Gasteiger partial charge in [-0.1, -0.05) is 81.9 Å². The number of aliphatic hydroxyl groups is 1. The second kappa shape index (κ2) is 17.0. The molecule has 2 aromatic rings. The van der Waals surface area contributed by atoms with Crippen LogP contribution < -0.4 is 4.74 Å². The van der Waals surface area contributed by atoms with E-state index in [1.165, 1.54) is 32.1 Å². The van der Waals surface area contributed by atoms with Gasteiger partial charge < -0.3 is 14.6 Å². The van der Waals surface area contributed by atoms with E-state index in [-0.39, 0.29) is 12.6 Å². The van der Waals surface area contributed by atoms with Gasteiger partial charge in [-0.05, 0) is 61.1 Å². The van der Waals surface area contributed by atoms with Gasteiger partial charge >= 0.3 is 5.97 Å². The molecule has 0 spiro atoms. The molecule has 4 heteroatoms. The number of esters is 1. The summed E-state index contributed by atoms with van der Waals surface area (Å²) in [6.45, 7) is 3.66. The maximum Gasteiger partial charge on any atom is 0.338 e. The SMILES string of the molecule is CCCCCCCCOc1ccc(/C=C/c2ccc(C(=O)OCCCCCCO)cc2)cc1. The van der Waals surface area contributed by atoms with Crippen LogP contribution >= 0.6 is 0 Å². The van der Waals surface area contributed by atoms with Crippen LogP contribution in [-0.2, 0) is 4.74 Å². The van der Waals surface area contributed by atoms with Gasteiger partial charge in [-0.2, -0.15) is 0 Å². The quantitative estimate of drug-likeness (QED) is 0.155. The first-order valence-electron chi connectivity index (χ1n) is 12.5. The molecule has 33 heavy (non-hydrogen) atoms. The largest absolute Gasteiger partial charge is 0.494 e. The molecule has 0 saturated heterocycles. The maximum atomic E-state index is 12.1. The Hall–Kier alpha value is -2.59. The average Bonchev–Trinajstić information content (AvgIpc) is 2.85. The van der Waals surface area contributed by atoms with Gasteiger partial charge in [0.25, 0.3) is 0 Å². The first-order chi connectivity index (χ1) is 16.2. The molecule has 2 rings (SSSR count). The van der Waals surface area contributed by atoms with Crippen LogP contribution in [0.25, 0.3) is 12.2 Å². The van der Waals surface area contributed by atoms with E-state index in [4.69, 9.17) is 14.6 Å². The molecule has 0 aromatic heterocycles. The van der Waals surface area contributed by atoms with Crippen LogP contribution in [0, 0.1) is 0 Å². The molecule has 1 N–H and O–H groups in total. The van der Waals surface area contributed by atoms with Gasteiger partial charge in [-0.3, -0.25) is 0 Å². The Morgan fingerprint density at radius 2 is 1.27 bits per heavy atom. The number of unbranched alkanes of at least 4 members (excludes halogenated alkanes) is 8. The Labute approximate surface area is 199 Å². The highest BCUT2D eigenvalue weighted by Gasteiger charge is 2.06. The summed E-state index contributed by atoms with van der Waals surface area (Å²) in [5.74, 6) is 0.626. The maximum absolute atomic E-state index is 12.1. The van der Waals surface area contributed by atoms with Crippen molar-refractivity contribution in [3.8, 4) is 5.75 Å². The third-order valence-electron chi connectivity index (χ3n) is 5.55. The van der Waals surface area contributed by atoms with Crippen molar-refractivity contribution in [3.05, 3.63) is 65.2 Å². The van der Waals surface area contributed by atoms with Crippen molar-refractivity contribution in [1.29, 1.82) is 0 Å². The highest BCUT2D eigenvalue weighted by atomic mass is 16.5. The van der Waals surface area contributed by atoms with Crippen molar-refractivity contribution in [2.24, 2.45) is 0 Å². The lowest BCUT2D eigenvalue weighted by Gasteiger charge is -2.06.